The highest BCUT2D eigenvalue weighted by Gasteiger charge is 2.18. The molecule has 5 nitrogen and oxygen atoms in total. The highest BCUT2D eigenvalue weighted by atomic mass is 16.5. The molecule has 0 saturated heterocycles. The molecule has 0 aliphatic heterocycles. The largest absolute Gasteiger partial charge is 0.380 e. The maximum atomic E-state index is 11.8. The normalized spacial score (nSPS) is 12.0. The zero-order valence-electron chi connectivity index (χ0n) is 9.86. The van der Waals surface area contributed by atoms with Crippen LogP contribution in [0.3, 0.4) is 0 Å². The van der Waals surface area contributed by atoms with Crippen LogP contribution in [0.2, 0.25) is 0 Å². The second kappa shape index (κ2) is 4.61. The van der Waals surface area contributed by atoms with Crippen molar-refractivity contribution < 1.29 is 4.74 Å². The molecule has 0 amide bonds. The molecule has 0 atom stereocenters. The van der Waals surface area contributed by atoms with Crippen molar-refractivity contribution >= 4 is 0 Å². The first-order chi connectivity index (χ1) is 6.96. The van der Waals surface area contributed by atoms with Gasteiger partial charge in [-0.25, -0.2) is 9.48 Å². The van der Waals surface area contributed by atoms with Crippen molar-refractivity contribution in [3.63, 3.8) is 0 Å². The monoisotopic (exact) mass is 213 g/mol. The molecule has 0 unspecified atom stereocenters. The quantitative estimate of drug-likeness (QED) is 0.696. The van der Waals surface area contributed by atoms with Crippen LogP contribution < -0.4 is 5.69 Å². The summed E-state index contributed by atoms with van der Waals surface area (Å²) in [4.78, 5) is 11.8. The molecule has 1 aromatic rings. The first-order valence-electron chi connectivity index (χ1n) is 5.19. The molecule has 0 fully saturated rings. The molecule has 0 aliphatic carbocycles. The van der Waals surface area contributed by atoms with Crippen LogP contribution in [0.15, 0.2) is 11.1 Å². The zero-order chi connectivity index (χ0) is 11.5. The summed E-state index contributed by atoms with van der Waals surface area (Å²) < 4.78 is 8.25. The topological polar surface area (TPSA) is 49.0 Å². The van der Waals surface area contributed by atoms with E-state index in [9.17, 15) is 4.79 Å². The molecule has 0 N–H and O–H groups in total. The van der Waals surface area contributed by atoms with Crippen LogP contribution in [0.25, 0.3) is 0 Å². The zero-order valence-corrected chi connectivity index (χ0v) is 9.86. The molecule has 0 radical (unpaired) electrons. The molecule has 0 aliphatic rings. The van der Waals surface area contributed by atoms with Gasteiger partial charge >= 0.3 is 5.69 Å². The number of rotatable bonds is 4. The lowest BCUT2D eigenvalue weighted by molar-refractivity contribution is 0.138. The van der Waals surface area contributed by atoms with Gasteiger partial charge in [0, 0.05) is 6.61 Å². The van der Waals surface area contributed by atoms with Crippen LogP contribution in [0.4, 0.5) is 0 Å². The third-order valence-electron chi connectivity index (χ3n) is 2.05. The van der Waals surface area contributed by atoms with Crippen molar-refractivity contribution in [2.75, 3.05) is 13.2 Å². The molecule has 1 aromatic heterocycles. The first kappa shape index (κ1) is 12.0. The maximum Gasteiger partial charge on any atom is 0.346 e. The Hall–Kier alpha value is -1.10. The van der Waals surface area contributed by atoms with Gasteiger partial charge in [-0.3, -0.25) is 4.57 Å². The smallest absolute Gasteiger partial charge is 0.346 e. The van der Waals surface area contributed by atoms with Crippen LogP contribution in [-0.4, -0.2) is 27.6 Å². The van der Waals surface area contributed by atoms with Gasteiger partial charge in [0.25, 0.3) is 0 Å². The molecule has 0 saturated carbocycles. The Labute approximate surface area is 89.7 Å². The third-order valence-corrected chi connectivity index (χ3v) is 2.05. The Morgan fingerprint density at radius 3 is 2.60 bits per heavy atom. The van der Waals surface area contributed by atoms with E-state index in [0.717, 1.165) is 0 Å². The maximum absolute atomic E-state index is 11.8. The first-order valence-corrected chi connectivity index (χ1v) is 5.19. The van der Waals surface area contributed by atoms with Crippen molar-refractivity contribution in [2.24, 2.45) is 0 Å². The molecule has 15 heavy (non-hydrogen) atoms. The molecular formula is C10H19N3O2. The summed E-state index contributed by atoms with van der Waals surface area (Å²) >= 11 is 0. The molecule has 1 rings (SSSR count). The Bertz CT molecular complexity index is 359. The highest BCUT2D eigenvalue weighted by molar-refractivity contribution is 4.77. The lowest BCUT2D eigenvalue weighted by atomic mass is 10.1. The molecule has 0 spiro atoms. The second-order valence-corrected chi connectivity index (χ2v) is 4.39. The van der Waals surface area contributed by atoms with E-state index in [1.54, 1.807) is 10.9 Å². The molecule has 0 bridgehead atoms. The van der Waals surface area contributed by atoms with E-state index in [0.29, 0.717) is 19.8 Å². The number of hydrogen-bond donors (Lipinski definition) is 0. The van der Waals surface area contributed by atoms with Gasteiger partial charge in [0.1, 0.15) is 6.33 Å². The fraction of sp³-hybridized carbons (Fsp3) is 0.800. The van der Waals surface area contributed by atoms with E-state index in [2.05, 4.69) is 5.10 Å². The van der Waals surface area contributed by atoms with Gasteiger partial charge in [-0.05, 0) is 27.7 Å². The van der Waals surface area contributed by atoms with Crippen LogP contribution >= 0.6 is 0 Å². The lowest BCUT2D eigenvalue weighted by Gasteiger charge is -2.16. The molecular weight excluding hydrogens is 194 g/mol. The number of aromatic nitrogens is 3. The fourth-order valence-electron chi connectivity index (χ4n) is 1.26. The van der Waals surface area contributed by atoms with Gasteiger partial charge in [0.15, 0.2) is 0 Å². The minimum atomic E-state index is -0.270. The van der Waals surface area contributed by atoms with Crippen molar-refractivity contribution in [3.05, 3.63) is 16.8 Å². The van der Waals surface area contributed by atoms with Crippen molar-refractivity contribution in [2.45, 2.75) is 39.8 Å². The summed E-state index contributed by atoms with van der Waals surface area (Å²) in [6, 6.07) is 0. The van der Waals surface area contributed by atoms with Crippen molar-refractivity contribution in [3.8, 4) is 0 Å². The van der Waals surface area contributed by atoms with Gasteiger partial charge in [0.05, 0.1) is 18.7 Å². The van der Waals surface area contributed by atoms with E-state index in [4.69, 9.17) is 4.74 Å². The summed E-state index contributed by atoms with van der Waals surface area (Å²) in [5.74, 6) is 0. The Morgan fingerprint density at radius 2 is 2.13 bits per heavy atom. The second-order valence-electron chi connectivity index (χ2n) is 4.39. The number of ether oxygens (including phenoxy) is 1. The minimum Gasteiger partial charge on any atom is -0.380 e. The third kappa shape index (κ3) is 2.92. The van der Waals surface area contributed by atoms with Gasteiger partial charge in [0.2, 0.25) is 0 Å². The Balaban J connectivity index is 2.77. The summed E-state index contributed by atoms with van der Waals surface area (Å²) in [5.41, 5.74) is -0.351. The summed E-state index contributed by atoms with van der Waals surface area (Å²) in [5, 5.41) is 4.08. The minimum absolute atomic E-state index is 0.0813. The van der Waals surface area contributed by atoms with Gasteiger partial charge in [-0.2, -0.15) is 5.10 Å². The number of hydrogen-bond acceptors (Lipinski definition) is 3. The van der Waals surface area contributed by atoms with Crippen LogP contribution in [0.5, 0.6) is 0 Å². The fourth-order valence-corrected chi connectivity index (χ4v) is 1.26. The van der Waals surface area contributed by atoms with Crippen LogP contribution in [-0.2, 0) is 16.8 Å². The molecule has 0 aromatic carbocycles. The average molecular weight is 213 g/mol. The summed E-state index contributed by atoms with van der Waals surface area (Å²) in [6.07, 6.45) is 1.56. The predicted molar refractivity (Wildman–Crippen MR) is 58.0 cm³/mol. The predicted octanol–water partition coefficient (Wildman–Crippen LogP) is 0.836. The van der Waals surface area contributed by atoms with Gasteiger partial charge in [-0.15, -0.1) is 0 Å². The summed E-state index contributed by atoms with van der Waals surface area (Å²) in [6.45, 7) is 9.56. The van der Waals surface area contributed by atoms with Crippen LogP contribution in [0, 0.1) is 0 Å². The van der Waals surface area contributed by atoms with E-state index in [-0.39, 0.29) is 11.2 Å². The van der Waals surface area contributed by atoms with Crippen molar-refractivity contribution in [1.29, 1.82) is 0 Å². The molecule has 86 valence electrons. The standard InChI is InChI=1S/C10H19N3O2/c1-5-15-7-6-12-8-11-13(9(12)14)10(2,3)4/h8H,5-7H2,1-4H3. The average Bonchev–Trinajstić information content (AvgIpc) is 2.47. The van der Waals surface area contributed by atoms with E-state index >= 15 is 0 Å². The van der Waals surface area contributed by atoms with E-state index in [1.807, 2.05) is 27.7 Å². The van der Waals surface area contributed by atoms with Crippen molar-refractivity contribution in [1.82, 2.24) is 14.3 Å². The van der Waals surface area contributed by atoms with Gasteiger partial charge < -0.3 is 4.74 Å². The molecule has 5 heteroatoms. The Kier molecular flexibility index (Phi) is 3.68. The van der Waals surface area contributed by atoms with Gasteiger partial charge in [-0.1, -0.05) is 0 Å². The molecule has 1 heterocycles. The SMILES string of the molecule is CCOCCn1cnn(C(C)(C)C)c1=O. The number of nitrogens with zero attached hydrogens (tertiary/aromatic N) is 3. The van der Waals surface area contributed by atoms with E-state index in [1.165, 1.54) is 4.68 Å². The highest BCUT2D eigenvalue weighted by Crippen LogP contribution is 2.07. The van der Waals surface area contributed by atoms with E-state index < -0.39 is 0 Å². The van der Waals surface area contributed by atoms with Crippen LogP contribution in [0.1, 0.15) is 27.7 Å². The summed E-state index contributed by atoms with van der Waals surface area (Å²) in [7, 11) is 0. The Morgan fingerprint density at radius 1 is 1.47 bits per heavy atom. The lowest BCUT2D eigenvalue weighted by Crippen LogP contribution is -2.36.